The quantitative estimate of drug-likeness (QED) is 0.300. The Balaban J connectivity index is 2.50. The van der Waals surface area contributed by atoms with Crippen molar-refractivity contribution in [3.8, 4) is 5.75 Å². The molecule has 0 saturated heterocycles. The van der Waals surface area contributed by atoms with Crippen molar-refractivity contribution in [3.63, 3.8) is 0 Å². The molecule has 148 valence electrons. The van der Waals surface area contributed by atoms with Crippen molar-refractivity contribution in [2.75, 3.05) is 13.7 Å². The number of carbonyl (C=O) groups excluding carboxylic acids is 1. The van der Waals surface area contributed by atoms with E-state index in [9.17, 15) is 4.79 Å². The zero-order chi connectivity index (χ0) is 19.8. The average Bonchev–Trinajstić information content (AvgIpc) is 2.59. The predicted molar refractivity (Wildman–Crippen MR) is 109 cm³/mol. The maximum atomic E-state index is 11.2. The second kappa shape index (κ2) is 10.2. The van der Waals surface area contributed by atoms with E-state index in [1.165, 1.54) is 0 Å². The van der Waals surface area contributed by atoms with Gasteiger partial charge in [0.15, 0.2) is 8.32 Å². The van der Waals surface area contributed by atoms with Crippen molar-refractivity contribution < 1.29 is 18.7 Å². The summed E-state index contributed by atoms with van der Waals surface area (Å²) >= 11 is 0. The lowest BCUT2D eigenvalue weighted by Gasteiger charge is -2.36. The normalized spacial score (nSPS) is 14.7. The molecule has 0 aliphatic carbocycles. The Morgan fingerprint density at radius 1 is 1.15 bits per heavy atom. The van der Waals surface area contributed by atoms with Crippen LogP contribution >= 0.6 is 0 Å². The van der Waals surface area contributed by atoms with E-state index < -0.39 is 8.32 Å². The maximum Gasteiger partial charge on any atom is 0.191 e. The standard InChI is InChI=1S/C21H36O4Si/c1-17(15-22)20(9-8-14-25-26(6,7)21(2,3)4)24-16-18-10-12-19(23-5)13-11-18/h10-13,15,17,20H,8-9,14,16H2,1-7H3/t17-,20-/m1/s1. The van der Waals surface area contributed by atoms with Gasteiger partial charge in [0.1, 0.15) is 12.0 Å². The maximum absolute atomic E-state index is 11.2. The molecule has 0 N–H and O–H groups in total. The monoisotopic (exact) mass is 380 g/mol. The molecule has 1 aromatic carbocycles. The Bertz CT molecular complexity index is 534. The topological polar surface area (TPSA) is 44.8 Å². The van der Waals surface area contributed by atoms with Crippen LogP contribution in [0.5, 0.6) is 5.75 Å². The van der Waals surface area contributed by atoms with Gasteiger partial charge in [-0.2, -0.15) is 0 Å². The minimum Gasteiger partial charge on any atom is -0.497 e. The van der Waals surface area contributed by atoms with E-state index in [-0.39, 0.29) is 17.1 Å². The highest BCUT2D eigenvalue weighted by molar-refractivity contribution is 6.74. The average molecular weight is 381 g/mol. The summed E-state index contributed by atoms with van der Waals surface area (Å²) in [6, 6.07) is 7.82. The number of aldehydes is 1. The van der Waals surface area contributed by atoms with Crippen LogP contribution in [0.1, 0.15) is 46.1 Å². The van der Waals surface area contributed by atoms with Crippen molar-refractivity contribution in [1.29, 1.82) is 0 Å². The van der Waals surface area contributed by atoms with Gasteiger partial charge in [0.2, 0.25) is 0 Å². The highest BCUT2D eigenvalue weighted by Gasteiger charge is 2.36. The first kappa shape index (κ1) is 22.9. The van der Waals surface area contributed by atoms with Crippen LogP contribution in [0.15, 0.2) is 24.3 Å². The lowest BCUT2D eigenvalue weighted by molar-refractivity contribution is -0.116. The SMILES string of the molecule is COc1ccc(CO[C@H](CCCO[Si](C)(C)C(C)(C)C)[C@H](C)C=O)cc1. The first-order valence-corrected chi connectivity index (χ1v) is 12.4. The molecule has 5 heteroatoms. The lowest BCUT2D eigenvalue weighted by Crippen LogP contribution is -2.41. The Morgan fingerprint density at radius 3 is 2.27 bits per heavy atom. The molecular formula is C21H36O4Si. The van der Waals surface area contributed by atoms with Crippen molar-refractivity contribution in [2.45, 2.75) is 71.4 Å². The van der Waals surface area contributed by atoms with Gasteiger partial charge >= 0.3 is 0 Å². The van der Waals surface area contributed by atoms with Crippen LogP contribution in [0.25, 0.3) is 0 Å². The molecule has 0 aliphatic heterocycles. The summed E-state index contributed by atoms with van der Waals surface area (Å²) in [6.07, 6.45) is 2.62. The summed E-state index contributed by atoms with van der Waals surface area (Å²) in [5, 5.41) is 0.216. The van der Waals surface area contributed by atoms with Crippen molar-refractivity contribution in [3.05, 3.63) is 29.8 Å². The van der Waals surface area contributed by atoms with E-state index in [0.29, 0.717) is 6.61 Å². The lowest BCUT2D eigenvalue weighted by atomic mass is 10.0. The second-order valence-corrected chi connectivity index (χ2v) is 13.3. The van der Waals surface area contributed by atoms with Gasteiger partial charge in [-0.1, -0.05) is 39.8 Å². The van der Waals surface area contributed by atoms with Gasteiger partial charge in [0, 0.05) is 12.5 Å². The molecule has 4 nitrogen and oxygen atoms in total. The Hall–Kier alpha value is -1.17. The molecule has 1 aromatic rings. The highest BCUT2D eigenvalue weighted by Crippen LogP contribution is 2.36. The molecule has 0 spiro atoms. The van der Waals surface area contributed by atoms with Gasteiger partial charge in [-0.3, -0.25) is 0 Å². The van der Waals surface area contributed by atoms with Gasteiger partial charge in [-0.15, -0.1) is 0 Å². The molecule has 0 amide bonds. The number of hydrogen-bond donors (Lipinski definition) is 0. The van der Waals surface area contributed by atoms with Gasteiger partial charge < -0.3 is 18.7 Å². The van der Waals surface area contributed by atoms with E-state index in [4.69, 9.17) is 13.9 Å². The summed E-state index contributed by atoms with van der Waals surface area (Å²) in [4.78, 5) is 11.2. The van der Waals surface area contributed by atoms with Crippen LogP contribution in [0, 0.1) is 5.92 Å². The molecule has 26 heavy (non-hydrogen) atoms. The summed E-state index contributed by atoms with van der Waals surface area (Å²) in [7, 11) is -0.0629. The number of hydrogen-bond acceptors (Lipinski definition) is 4. The Kier molecular flexibility index (Phi) is 9.00. The molecule has 0 saturated carbocycles. The molecule has 0 aromatic heterocycles. The third kappa shape index (κ3) is 7.21. The van der Waals surface area contributed by atoms with Gasteiger partial charge in [-0.05, 0) is 48.7 Å². The fraction of sp³-hybridized carbons (Fsp3) is 0.667. The fourth-order valence-corrected chi connectivity index (χ4v) is 3.43. The molecule has 0 aliphatic rings. The van der Waals surface area contributed by atoms with Crippen LogP contribution in [0.3, 0.4) is 0 Å². The molecule has 0 fully saturated rings. The van der Waals surface area contributed by atoms with Gasteiger partial charge in [0.05, 0.1) is 19.8 Å². The summed E-state index contributed by atoms with van der Waals surface area (Å²) in [5.74, 6) is 0.704. The number of carbonyl (C=O) groups is 1. The number of methoxy groups -OCH3 is 1. The third-order valence-corrected chi connectivity index (χ3v) is 9.86. The van der Waals surface area contributed by atoms with Gasteiger partial charge in [-0.25, -0.2) is 0 Å². The molecule has 1 rings (SSSR count). The molecule has 0 bridgehead atoms. The van der Waals surface area contributed by atoms with E-state index in [1.807, 2.05) is 31.2 Å². The first-order chi connectivity index (χ1) is 12.1. The molecule has 2 atom stereocenters. The van der Waals surface area contributed by atoms with E-state index in [1.54, 1.807) is 7.11 Å². The zero-order valence-electron chi connectivity index (χ0n) is 17.5. The van der Waals surface area contributed by atoms with Crippen LogP contribution in [0.4, 0.5) is 0 Å². The highest BCUT2D eigenvalue weighted by atomic mass is 28.4. The predicted octanol–water partition coefficient (Wildman–Crippen LogP) is 5.22. The van der Waals surface area contributed by atoms with Crippen molar-refractivity contribution in [1.82, 2.24) is 0 Å². The molecule has 0 unspecified atom stereocenters. The summed E-state index contributed by atoms with van der Waals surface area (Å²) < 4.78 is 17.4. The van der Waals surface area contributed by atoms with Crippen molar-refractivity contribution >= 4 is 14.6 Å². The summed E-state index contributed by atoms with van der Waals surface area (Å²) in [6.45, 7) is 14.4. The fourth-order valence-electron chi connectivity index (χ4n) is 2.34. The smallest absolute Gasteiger partial charge is 0.191 e. The summed E-state index contributed by atoms with van der Waals surface area (Å²) in [5.41, 5.74) is 1.08. The molecular weight excluding hydrogens is 344 g/mol. The largest absolute Gasteiger partial charge is 0.497 e. The van der Waals surface area contributed by atoms with Gasteiger partial charge in [0.25, 0.3) is 0 Å². The number of rotatable bonds is 11. The van der Waals surface area contributed by atoms with E-state index in [0.717, 1.165) is 37.0 Å². The van der Waals surface area contributed by atoms with E-state index in [2.05, 4.69) is 33.9 Å². The number of benzene rings is 1. The minimum absolute atomic E-state index is 0.0855. The van der Waals surface area contributed by atoms with Crippen molar-refractivity contribution in [2.24, 2.45) is 5.92 Å². The second-order valence-electron chi connectivity index (χ2n) is 8.44. The Morgan fingerprint density at radius 2 is 1.77 bits per heavy atom. The minimum atomic E-state index is -1.71. The first-order valence-electron chi connectivity index (χ1n) is 9.44. The molecule has 0 radical (unpaired) electrons. The van der Waals surface area contributed by atoms with Crippen LogP contribution in [-0.4, -0.2) is 34.4 Å². The van der Waals surface area contributed by atoms with Crippen LogP contribution in [0.2, 0.25) is 18.1 Å². The van der Waals surface area contributed by atoms with Crippen LogP contribution < -0.4 is 4.74 Å². The third-order valence-electron chi connectivity index (χ3n) is 5.33. The van der Waals surface area contributed by atoms with Crippen LogP contribution in [-0.2, 0) is 20.6 Å². The zero-order valence-corrected chi connectivity index (χ0v) is 18.5. The van der Waals surface area contributed by atoms with E-state index >= 15 is 0 Å². The number of ether oxygens (including phenoxy) is 2. The Labute approximate surface area is 160 Å². The molecule has 0 heterocycles.